The second-order valence-electron chi connectivity index (χ2n) is 3.10. The summed E-state index contributed by atoms with van der Waals surface area (Å²) in [7, 11) is 0. The Kier molecular flexibility index (Phi) is 6.77. The summed E-state index contributed by atoms with van der Waals surface area (Å²) >= 11 is 5.78. The molecule has 3 nitrogen and oxygen atoms in total. The largest absolute Gasteiger partial charge is 0.506 e. The van der Waals surface area contributed by atoms with Crippen LogP contribution in [-0.2, 0) is 4.74 Å². The zero-order valence-corrected chi connectivity index (χ0v) is 8.88. The van der Waals surface area contributed by atoms with Crippen LogP contribution in [-0.4, -0.2) is 22.7 Å². The van der Waals surface area contributed by atoms with Crippen LogP contribution in [0.1, 0.15) is 39.5 Å². The van der Waals surface area contributed by atoms with Crippen LogP contribution in [0, 0.1) is 0 Å². The van der Waals surface area contributed by atoms with Crippen molar-refractivity contribution < 1.29 is 14.6 Å². The van der Waals surface area contributed by atoms with Crippen molar-refractivity contribution in [2.75, 3.05) is 0 Å². The first-order chi connectivity index (χ1) is 6.07. The van der Waals surface area contributed by atoms with E-state index >= 15 is 0 Å². The van der Waals surface area contributed by atoms with Crippen molar-refractivity contribution in [3.05, 3.63) is 0 Å². The number of hydrogen-bond donors (Lipinski definition) is 1. The molecule has 0 radical (unpaired) electrons. The highest BCUT2D eigenvalue weighted by Crippen LogP contribution is 2.14. The molecular weight excluding hydrogens is 192 g/mol. The molecule has 0 amide bonds. The topological polar surface area (TPSA) is 46.5 Å². The lowest BCUT2D eigenvalue weighted by atomic mass is 10.1. The Morgan fingerprint density at radius 3 is 2.54 bits per heavy atom. The predicted molar refractivity (Wildman–Crippen MR) is 52.4 cm³/mol. The molecular formula is C9H17ClO3. The van der Waals surface area contributed by atoms with Gasteiger partial charge in [-0.15, -0.1) is 11.6 Å². The minimum absolute atomic E-state index is 0.257. The van der Waals surface area contributed by atoms with E-state index in [1.165, 1.54) is 0 Å². The Hall–Kier alpha value is -0.440. The smallest absolute Gasteiger partial charge is 0.450 e. The molecule has 0 spiro atoms. The standard InChI is InChI=1S/C9H17ClO3/c1-3-4-5-6-8(7(2)10)13-9(11)12/h7-8H,3-6H2,1-2H3,(H,11,12). The fourth-order valence-electron chi connectivity index (χ4n) is 1.11. The van der Waals surface area contributed by atoms with Gasteiger partial charge in [0, 0.05) is 0 Å². The quantitative estimate of drug-likeness (QED) is 0.414. The first-order valence-corrected chi connectivity index (χ1v) is 5.05. The first kappa shape index (κ1) is 12.6. The van der Waals surface area contributed by atoms with E-state index in [4.69, 9.17) is 16.7 Å². The third kappa shape index (κ3) is 6.70. The van der Waals surface area contributed by atoms with Gasteiger partial charge < -0.3 is 9.84 Å². The number of rotatable bonds is 6. The molecule has 78 valence electrons. The van der Waals surface area contributed by atoms with Crippen LogP contribution in [0.5, 0.6) is 0 Å². The number of unbranched alkanes of at least 4 members (excludes halogenated alkanes) is 2. The maximum absolute atomic E-state index is 10.3. The van der Waals surface area contributed by atoms with Crippen LogP contribution in [0.15, 0.2) is 0 Å². The summed E-state index contributed by atoms with van der Waals surface area (Å²) in [4.78, 5) is 10.3. The van der Waals surface area contributed by atoms with Crippen LogP contribution in [0.4, 0.5) is 4.79 Å². The van der Waals surface area contributed by atoms with E-state index in [9.17, 15) is 4.79 Å². The average Bonchev–Trinajstić information content (AvgIpc) is 2.02. The lowest BCUT2D eigenvalue weighted by molar-refractivity contribution is 0.0470. The van der Waals surface area contributed by atoms with E-state index in [-0.39, 0.29) is 11.5 Å². The van der Waals surface area contributed by atoms with Crippen molar-refractivity contribution in [1.82, 2.24) is 0 Å². The maximum Gasteiger partial charge on any atom is 0.506 e. The van der Waals surface area contributed by atoms with Gasteiger partial charge in [-0.2, -0.15) is 0 Å². The van der Waals surface area contributed by atoms with Crippen LogP contribution in [0.3, 0.4) is 0 Å². The summed E-state index contributed by atoms with van der Waals surface area (Å²) < 4.78 is 4.64. The summed E-state index contributed by atoms with van der Waals surface area (Å²) in [5, 5.41) is 8.15. The van der Waals surface area contributed by atoms with Gasteiger partial charge >= 0.3 is 6.16 Å². The van der Waals surface area contributed by atoms with Gasteiger partial charge in [0.05, 0.1) is 5.38 Å². The van der Waals surface area contributed by atoms with E-state index < -0.39 is 6.16 Å². The van der Waals surface area contributed by atoms with E-state index in [1.54, 1.807) is 6.92 Å². The number of ether oxygens (including phenoxy) is 1. The van der Waals surface area contributed by atoms with E-state index in [2.05, 4.69) is 11.7 Å². The molecule has 0 aromatic carbocycles. The molecule has 2 unspecified atom stereocenters. The van der Waals surface area contributed by atoms with Crippen LogP contribution in [0.2, 0.25) is 0 Å². The molecule has 0 aromatic rings. The molecule has 13 heavy (non-hydrogen) atoms. The molecule has 0 aliphatic rings. The van der Waals surface area contributed by atoms with Gasteiger partial charge in [-0.3, -0.25) is 0 Å². The molecule has 0 saturated heterocycles. The van der Waals surface area contributed by atoms with Crippen molar-refractivity contribution in [3.63, 3.8) is 0 Å². The normalized spacial score (nSPS) is 15.0. The fraction of sp³-hybridized carbons (Fsp3) is 0.889. The fourth-order valence-corrected chi connectivity index (χ4v) is 1.28. The lowest BCUT2D eigenvalue weighted by Gasteiger charge is -2.17. The highest BCUT2D eigenvalue weighted by molar-refractivity contribution is 6.20. The van der Waals surface area contributed by atoms with Crippen molar-refractivity contribution in [2.45, 2.75) is 51.0 Å². The van der Waals surface area contributed by atoms with Gasteiger partial charge in [-0.25, -0.2) is 4.79 Å². The van der Waals surface area contributed by atoms with Gasteiger partial charge in [-0.05, 0) is 19.8 Å². The minimum Gasteiger partial charge on any atom is -0.450 e. The average molecular weight is 209 g/mol. The molecule has 1 N–H and O–H groups in total. The third-order valence-corrected chi connectivity index (χ3v) is 2.14. The minimum atomic E-state index is -1.24. The van der Waals surface area contributed by atoms with Crippen LogP contribution < -0.4 is 0 Å². The summed E-state index contributed by atoms with van der Waals surface area (Å²) in [5.41, 5.74) is 0. The number of hydrogen-bond acceptors (Lipinski definition) is 2. The Labute approximate surface area is 84.0 Å². The molecule has 0 aliphatic carbocycles. The zero-order valence-electron chi connectivity index (χ0n) is 8.12. The molecule has 0 heterocycles. The Morgan fingerprint density at radius 1 is 1.54 bits per heavy atom. The molecule has 0 saturated carbocycles. The van der Waals surface area contributed by atoms with E-state index in [0.717, 1.165) is 19.3 Å². The molecule has 0 rings (SSSR count). The molecule has 0 fully saturated rings. The van der Waals surface area contributed by atoms with E-state index in [1.807, 2.05) is 0 Å². The molecule has 4 heteroatoms. The zero-order chi connectivity index (χ0) is 10.3. The van der Waals surface area contributed by atoms with Crippen molar-refractivity contribution >= 4 is 17.8 Å². The van der Waals surface area contributed by atoms with Gasteiger partial charge in [0.15, 0.2) is 0 Å². The highest BCUT2D eigenvalue weighted by atomic mass is 35.5. The van der Waals surface area contributed by atoms with E-state index in [0.29, 0.717) is 6.42 Å². The van der Waals surface area contributed by atoms with Crippen molar-refractivity contribution in [1.29, 1.82) is 0 Å². The van der Waals surface area contributed by atoms with Crippen molar-refractivity contribution in [2.24, 2.45) is 0 Å². The van der Waals surface area contributed by atoms with Crippen molar-refractivity contribution in [3.8, 4) is 0 Å². The Balaban J connectivity index is 3.74. The van der Waals surface area contributed by atoms with Gasteiger partial charge in [0.2, 0.25) is 0 Å². The van der Waals surface area contributed by atoms with Gasteiger partial charge in [-0.1, -0.05) is 19.8 Å². The number of halogens is 1. The predicted octanol–water partition coefficient (Wildman–Crippen LogP) is 3.26. The molecule has 0 bridgehead atoms. The van der Waals surface area contributed by atoms with Crippen LogP contribution in [0.25, 0.3) is 0 Å². The molecule has 0 aromatic heterocycles. The van der Waals surface area contributed by atoms with Crippen LogP contribution >= 0.6 is 11.6 Å². The lowest BCUT2D eigenvalue weighted by Crippen LogP contribution is -2.24. The number of alkyl halides is 1. The van der Waals surface area contributed by atoms with Gasteiger partial charge in [0.1, 0.15) is 6.10 Å². The summed E-state index contributed by atoms with van der Waals surface area (Å²) in [5.74, 6) is 0. The third-order valence-electron chi connectivity index (χ3n) is 1.86. The monoisotopic (exact) mass is 208 g/mol. The SMILES string of the molecule is CCCCCC(OC(=O)O)C(C)Cl. The summed E-state index contributed by atoms with van der Waals surface area (Å²) in [6, 6.07) is 0. The Morgan fingerprint density at radius 2 is 2.15 bits per heavy atom. The number of carboxylic acid groups (broad SMARTS) is 1. The molecule has 0 aliphatic heterocycles. The van der Waals surface area contributed by atoms with Gasteiger partial charge in [0.25, 0.3) is 0 Å². The second kappa shape index (κ2) is 7.01. The maximum atomic E-state index is 10.3. The summed E-state index contributed by atoms with van der Waals surface area (Å²) in [6.07, 6.45) is 2.26. The summed E-state index contributed by atoms with van der Waals surface area (Å²) in [6.45, 7) is 3.85. The molecule has 2 atom stereocenters. The first-order valence-electron chi connectivity index (χ1n) is 4.61. The Bertz CT molecular complexity index is 148. The highest BCUT2D eigenvalue weighted by Gasteiger charge is 2.18. The number of carbonyl (C=O) groups is 1. The second-order valence-corrected chi connectivity index (χ2v) is 3.78.